The van der Waals surface area contributed by atoms with Crippen molar-refractivity contribution in [3.63, 3.8) is 0 Å². The minimum Gasteiger partial charge on any atom is -0.312 e. The molecule has 0 bridgehead atoms. The maximum absolute atomic E-state index is 14.4. The van der Waals surface area contributed by atoms with E-state index in [9.17, 15) is 17.6 Å². The van der Waals surface area contributed by atoms with Crippen molar-refractivity contribution in [2.45, 2.75) is 25.6 Å². The lowest BCUT2D eigenvalue weighted by Crippen LogP contribution is -2.48. The predicted molar refractivity (Wildman–Crippen MR) is 109 cm³/mol. The van der Waals surface area contributed by atoms with Gasteiger partial charge < -0.3 is 4.90 Å². The number of alkyl halides is 4. The Morgan fingerprint density at radius 2 is 1.73 bits per heavy atom. The molecule has 2 aromatic carbocycles. The number of anilines is 2. The van der Waals surface area contributed by atoms with E-state index in [0.717, 1.165) is 17.7 Å². The summed E-state index contributed by atoms with van der Waals surface area (Å²) in [6.45, 7) is 6.72. The Morgan fingerprint density at radius 1 is 1.13 bits per heavy atom. The number of nitrogens with zero attached hydrogens (tertiary/aromatic N) is 4. The van der Waals surface area contributed by atoms with E-state index in [1.165, 1.54) is 18.0 Å². The van der Waals surface area contributed by atoms with Gasteiger partial charge >= 0.3 is 6.18 Å². The smallest absolute Gasteiger partial charge is 0.312 e. The lowest BCUT2D eigenvalue weighted by Gasteiger charge is -2.32. The van der Waals surface area contributed by atoms with Crippen molar-refractivity contribution in [2.24, 2.45) is 4.99 Å². The van der Waals surface area contributed by atoms with Gasteiger partial charge in [-0.3, -0.25) is 9.89 Å². The highest BCUT2D eigenvalue weighted by Gasteiger charge is 2.50. The molecule has 8 heteroatoms. The molecule has 0 saturated carbocycles. The Labute approximate surface area is 172 Å². The Bertz CT molecular complexity index is 1050. The molecule has 1 fully saturated rings. The number of hydrogen-bond donors (Lipinski definition) is 0. The first kappa shape index (κ1) is 21.4. The average Bonchev–Trinajstić information content (AvgIpc) is 2.94. The van der Waals surface area contributed by atoms with Crippen LogP contribution in [-0.2, 0) is 6.18 Å². The summed E-state index contributed by atoms with van der Waals surface area (Å²) in [5.74, 6) is 0.478. The minimum atomic E-state index is -4.72. The Balaban J connectivity index is 2.20. The van der Waals surface area contributed by atoms with Crippen LogP contribution in [-0.4, -0.2) is 25.1 Å². The number of benzene rings is 2. The highest BCUT2D eigenvalue weighted by molar-refractivity contribution is 6.13. The van der Waals surface area contributed by atoms with E-state index in [1.807, 2.05) is 19.1 Å². The van der Waals surface area contributed by atoms with Crippen LogP contribution in [0.2, 0.25) is 0 Å². The van der Waals surface area contributed by atoms with Crippen molar-refractivity contribution in [3.05, 3.63) is 71.6 Å². The molecule has 4 nitrogen and oxygen atoms in total. The molecular weight excluding hydrogens is 396 g/mol. The molecule has 1 unspecified atom stereocenters. The molecule has 1 heterocycles. The van der Waals surface area contributed by atoms with E-state index in [4.69, 9.17) is 5.26 Å². The molecule has 156 valence electrons. The van der Waals surface area contributed by atoms with Crippen molar-refractivity contribution in [2.75, 3.05) is 23.5 Å². The number of rotatable bonds is 3. The number of hydrogen-bond acceptors (Lipinski definition) is 3. The number of halogens is 4. The molecule has 1 aliphatic heterocycles. The molecule has 0 spiro atoms. The lowest BCUT2D eigenvalue weighted by atomic mass is 10.00. The van der Waals surface area contributed by atoms with E-state index in [2.05, 4.69) is 11.6 Å². The van der Waals surface area contributed by atoms with Gasteiger partial charge in [-0.1, -0.05) is 24.3 Å². The first-order valence-electron chi connectivity index (χ1n) is 9.09. The van der Waals surface area contributed by atoms with Gasteiger partial charge in [-0.05, 0) is 44.2 Å². The van der Waals surface area contributed by atoms with Crippen LogP contribution >= 0.6 is 0 Å². The van der Waals surface area contributed by atoms with Gasteiger partial charge in [0.05, 0.1) is 17.2 Å². The summed E-state index contributed by atoms with van der Waals surface area (Å²) in [5.41, 5.74) is -1.09. The zero-order valence-corrected chi connectivity index (χ0v) is 16.8. The van der Waals surface area contributed by atoms with Gasteiger partial charge in [0, 0.05) is 18.4 Å². The van der Waals surface area contributed by atoms with Gasteiger partial charge in [0.25, 0.3) is 0 Å². The topological polar surface area (TPSA) is 42.6 Å². The van der Waals surface area contributed by atoms with Crippen LogP contribution in [0, 0.1) is 18.3 Å². The number of nitriles is 1. The summed E-state index contributed by atoms with van der Waals surface area (Å²) in [6.07, 6.45) is -4.72. The molecule has 0 amide bonds. The summed E-state index contributed by atoms with van der Waals surface area (Å²) >= 11 is 0. The predicted octanol–water partition coefficient (Wildman–Crippen LogP) is 5.44. The quantitative estimate of drug-likeness (QED) is 0.626. The molecule has 30 heavy (non-hydrogen) atoms. The molecule has 1 saturated heterocycles. The van der Waals surface area contributed by atoms with Gasteiger partial charge in [-0.25, -0.2) is 4.39 Å². The van der Waals surface area contributed by atoms with Crippen LogP contribution in [0.4, 0.5) is 28.9 Å². The lowest BCUT2D eigenvalue weighted by molar-refractivity contribution is -0.137. The summed E-state index contributed by atoms with van der Waals surface area (Å²) in [5, 5.41) is 9.06. The zero-order chi connectivity index (χ0) is 22.3. The van der Waals surface area contributed by atoms with Crippen LogP contribution in [0.5, 0.6) is 0 Å². The molecule has 3 rings (SSSR count). The summed E-state index contributed by atoms with van der Waals surface area (Å²) < 4.78 is 54.8. The van der Waals surface area contributed by atoms with Gasteiger partial charge in [-0.2, -0.15) is 18.4 Å². The fourth-order valence-electron chi connectivity index (χ4n) is 3.71. The van der Waals surface area contributed by atoms with Gasteiger partial charge in [0.2, 0.25) is 0 Å². The van der Waals surface area contributed by atoms with Crippen molar-refractivity contribution in [1.29, 1.82) is 5.26 Å². The van der Waals surface area contributed by atoms with E-state index in [0.29, 0.717) is 5.69 Å². The van der Waals surface area contributed by atoms with Crippen molar-refractivity contribution >= 4 is 17.2 Å². The second-order valence-electron chi connectivity index (χ2n) is 7.22. The van der Waals surface area contributed by atoms with E-state index >= 15 is 0 Å². The highest BCUT2D eigenvalue weighted by atomic mass is 19.4. The Morgan fingerprint density at radius 3 is 2.23 bits per heavy atom. The maximum Gasteiger partial charge on any atom is 0.417 e. The highest BCUT2D eigenvalue weighted by Crippen LogP contribution is 2.43. The molecular formula is C22H20F4N4. The van der Waals surface area contributed by atoms with Gasteiger partial charge in [0.15, 0.2) is 0 Å². The molecule has 0 aliphatic carbocycles. The van der Waals surface area contributed by atoms with E-state index < -0.39 is 29.5 Å². The SMILES string of the molecule is C=C1N(c2ccc(C#N)c(C(F)(F)F)c2)/C(=N/C)C(C)(CF)N1c1ccc(C)cc1. The second-order valence-corrected chi connectivity index (χ2v) is 7.22. The Hall–Kier alpha value is -3.34. The van der Waals surface area contributed by atoms with E-state index in [-0.39, 0.29) is 17.3 Å². The third-order valence-electron chi connectivity index (χ3n) is 5.15. The first-order chi connectivity index (χ1) is 14.1. The summed E-state index contributed by atoms with van der Waals surface area (Å²) in [7, 11) is 1.45. The number of aliphatic imine (C=N–C) groups is 1. The molecule has 0 aromatic heterocycles. The molecule has 2 aromatic rings. The minimum absolute atomic E-state index is 0.0983. The monoisotopic (exact) mass is 416 g/mol. The van der Waals surface area contributed by atoms with E-state index in [1.54, 1.807) is 30.0 Å². The standard InChI is InChI=1S/C22H20F4N4/c1-14-5-8-17(9-6-14)30-15(2)29(20(28-4)21(30,3)13-23)18-10-7-16(12-27)19(11-18)22(24,25)26/h5-11H,2,13H2,1,3-4H3/b28-20+. The maximum atomic E-state index is 14.4. The zero-order valence-electron chi connectivity index (χ0n) is 16.8. The largest absolute Gasteiger partial charge is 0.417 e. The third-order valence-corrected chi connectivity index (χ3v) is 5.15. The molecule has 1 atom stereocenters. The summed E-state index contributed by atoms with van der Waals surface area (Å²) in [4.78, 5) is 7.23. The molecule has 0 radical (unpaired) electrons. The average molecular weight is 416 g/mol. The van der Waals surface area contributed by atoms with Crippen LogP contribution in [0.25, 0.3) is 0 Å². The van der Waals surface area contributed by atoms with Crippen LogP contribution < -0.4 is 9.80 Å². The fourth-order valence-corrected chi connectivity index (χ4v) is 3.71. The van der Waals surface area contributed by atoms with Crippen LogP contribution in [0.15, 0.2) is 59.9 Å². The Kier molecular flexibility index (Phi) is 5.33. The first-order valence-corrected chi connectivity index (χ1v) is 9.09. The fraction of sp³-hybridized carbons (Fsp3) is 0.273. The van der Waals surface area contributed by atoms with Crippen molar-refractivity contribution in [3.8, 4) is 6.07 Å². The number of amidine groups is 1. The van der Waals surface area contributed by atoms with Crippen molar-refractivity contribution in [1.82, 2.24) is 0 Å². The van der Waals surface area contributed by atoms with Crippen LogP contribution in [0.1, 0.15) is 23.6 Å². The van der Waals surface area contributed by atoms with Gasteiger partial charge in [0.1, 0.15) is 23.9 Å². The van der Waals surface area contributed by atoms with Gasteiger partial charge in [-0.15, -0.1) is 0 Å². The normalized spacial score (nSPS) is 20.7. The molecule has 0 N–H and O–H groups in total. The van der Waals surface area contributed by atoms with Crippen molar-refractivity contribution < 1.29 is 17.6 Å². The third kappa shape index (κ3) is 3.30. The summed E-state index contributed by atoms with van der Waals surface area (Å²) in [6, 6.07) is 12.2. The van der Waals surface area contributed by atoms with Crippen LogP contribution in [0.3, 0.4) is 0 Å². The number of aryl methyl sites for hydroxylation is 1. The second kappa shape index (κ2) is 7.48. The molecule has 1 aliphatic rings.